The van der Waals surface area contributed by atoms with E-state index in [1.54, 1.807) is 60.9 Å². The van der Waals surface area contributed by atoms with E-state index in [-0.39, 0.29) is 24.8 Å². The van der Waals surface area contributed by atoms with E-state index in [4.69, 9.17) is 27.6 Å². The monoisotopic (exact) mass is 416 g/mol. The number of para-hydroxylation sites is 1. The minimum Gasteiger partial charge on any atom is -0.467 e. The summed E-state index contributed by atoms with van der Waals surface area (Å²) in [6, 6.07) is 15.6. The van der Waals surface area contributed by atoms with Gasteiger partial charge < -0.3 is 15.1 Å². The van der Waals surface area contributed by atoms with Crippen LogP contribution in [0.3, 0.4) is 0 Å². The lowest BCUT2D eigenvalue weighted by Crippen LogP contribution is -2.24. The number of hydrogen-bond acceptors (Lipinski definition) is 3. The Bertz CT molecular complexity index is 972. The van der Waals surface area contributed by atoms with Crippen molar-refractivity contribution < 1.29 is 14.0 Å². The number of nitrogens with one attached hydrogen (secondary N) is 2. The van der Waals surface area contributed by atoms with Crippen LogP contribution in [-0.4, -0.2) is 11.8 Å². The van der Waals surface area contributed by atoms with Crippen molar-refractivity contribution in [3.05, 3.63) is 87.8 Å². The van der Waals surface area contributed by atoms with Crippen molar-refractivity contribution >= 4 is 40.7 Å². The standard InChI is InChI=1S/C21H18Cl2N2O3/c22-15-9-7-14(18(23)12-15)8-10-20(26)25-19-6-2-1-5-17(19)21(27)24-13-16-4-3-11-28-16/h1-7,9,11-12H,8,10,13H2,(H,24,27)(H,25,26). The zero-order valence-corrected chi connectivity index (χ0v) is 16.4. The van der Waals surface area contributed by atoms with E-state index in [1.165, 1.54) is 0 Å². The Labute approximate surface area is 172 Å². The third-order valence-electron chi connectivity index (χ3n) is 4.09. The lowest BCUT2D eigenvalue weighted by Gasteiger charge is -2.11. The van der Waals surface area contributed by atoms with Crippen LogP contribution in [0.15, 0.2) is 65.3 Å². The first-order valence-electron chi connectivity index (χ1n) is 8.66. The molecule has 1 aromatic heterocycles. The minimum atomic E-state index is -0.298. The first kappa shape index (κ1) is 20.0. The molecule has 3 aromatic rings. The Morgan fingerprint density at radius 3 is 2.57 bits per heavy atom. The summed E-state index contributed by atoms with van der Waals surface area (Å²) < 4.78 is 5.20. The number of hydrogen-bond donors (Lipinski definition) is 2. The maximum Gasteiger partial charge on any atom is 0.253 e. The number of furan rings is 1. The lowest BCUT2D eigenvalue weighted by atomic mass is 10.1. The van der Waals surface area contributed by atoms with Crippen LogP contribution in [-0.2, 0) is 17.8 Å². The third-order valence-corrected chi connectivity index (χ3v) is 4.67. The van der Waals surface area contributed by atoms with Gasteiger partial charge in [0.2, 0.25) is 5.91 Å². The van der Waals surface area contributed by atoms with Crippen molar-refractivity contribution in [3.63, 3.8) is 0 Å². The van der Waals surface area contributed by atoms with Crippen molar-refractivity contribution in [1.82, 2.24) is 5.32 Å². The quantitative estimate of drug-likeness (QED) is 0.563. The molecule has 0 saturated heterocycles. The first-order chi connectivity index (χ1) is 13.5. The van der Waals surface area contributed by atoms with Crippen molar-refractivity contribution in [3.8, 4) is 0 Å². The Morgan fingerprint density at radius 1 is 1.00 bits per heavy atom. The summed E-state index contributed by atoms with van der Waals surface area (Å²) in [5.41, 5.74) is 1.67. The summed E-state index contributed by atoms with van der Waals surface area (Å²) in [5.74, 6) is 0.139. The van der Waals surface area contributed by atoms with Gasteiger partial charge >= 0.3 is 0 Å². The highest BCUT2D eigenvalue weighted by Crippen LogP contribution is 2.22. The SMILES string of the molecule is O=C(CCc1ccc(Cl)cc1Cl)Nc1ccccc1C(=O)NCc1ccco1. The number of carbonyl (C=O) groups is 2. The molecule has 0 unspecified atom stereocenters. The summed E-state index contributed by atoms with van der Waals surface area (Å²) in [5, 5.41) is 6.64. The summed E-state index contributed by atoms with van der Waals surface area (Å²) in [4.78, 5) is 24.8. The number of amides is 2. The van der Waals surface area contributed by atoms with E-state index < -0.39 is 0 Å². The van der Waals surface area contributed by atoms with Crippen LogP contribution in [0, 0.1) is 0 Å². The largest absolute Gasteiger partial charge is 0.467 e. The smallest absolute Gasteiger partial charge is 0.253 e. The molecule has 0 spiro atoms. The number of rotatable bonds is 7. The molecule has 0 atom stereocenters. The van der Waals surface area contributed by atoms with Gasteiger partial charge in [0.15, 0.2) is 0 Å². The van der Waals surface area contributed by atoms with Gasteiger partial charge in [-0.05, 0) is 48.4 Å². The second-order valence-corrected chi connectivity index (χ2v) is 6.94. The molecule has 0 bridgehead atoms. The Kier molecular flexibility index (Phi) is 6.74. The fourth-order valence-corrected chi connectivity index (χ4v) is 3.15. The molecule has 0 saturated carbocycles. The van der Waals surface area contributed by atoms with Crippen molar-refractivity contribution in [1.29, 1.82) is 0 Å². The van der Waals surface area contributed by atoms with Gasteiger partial charge in [-0.25, -0.2) is 0 Å². The van der Waals surface area contributed by atoms with Gasteiger partial charge in [0.05, 0.1) is 24.1 Å². The molecule has 0 radical (unpaired) electrons. The molecular weight excluding hydrogens is 399 g/mol. The summed E-state index contributed by atoms with van der Waals surface area (Å²) >= 11 is 12.0. The zero-order valence-electron chi connectivity index (χ0n) is 14.9. The summed E-state index contributed by atoms with van der Waals surface area (Å²) in [6.07, 6.45) is 2.24. The number of carbonyl (C=O) groups excluding carboxylic acids is 2. The van der Waals surface area contributed by atoms with Crippen LogP contribution in [0.4, 0.5) is 5.69 Å². The molecule has 2 amide bonds. The maximum absolute atomic E-state index is 12.5. The van der Waals surface area contributed by atoms with E-state index in [0.717, 1.165) is 5.56 Å². The average molecular weight is 417 g/mol. The minimum absolute atomic E-state index is 0.211. The highest BCUT2D eigenvalue weighted by molar-refractivity contribution is 6.35. The van der Waals surface area contributed by atoms with Crippen molar-refractivity contribution in [2.75, 3.05) is 5.32 Å². The summed E-state index contributed by atoms with van der Waals surface area (Å²) in [7, 11) is 0. The second kappa shape index (κ2) is 9.44. The van der Waals surface area contributed by atoms with Crippen molar-refractivity contribution in [2.45, 2.75) is 19.4 Å². The predicted molar refractivity (Wildman–Crippen MR) is 110 cm³/mol. The van der Waals surface area contributed by atoms with Gasteiger partial charge in [-0.2, -0.15) is 0 Å². The zero-order chi connectivity index (χ0) is 19.9. The van der Waals surface area contributed by atoms with Gasteiger partial charge in [-0.15, -0.1) is 0 Å². The van der Waals surface area contributed by atoms with Crippen LogP contribution in [0.1, 0.15) is 28.1 Å². The fourth-order valence-electron chi connectivity index (χ4n) is 2.65. The number of aryl methyl sites for hydroxylation is 1. The highest BCUT2D eigenvalue weighted by Gasteiger charge is 2.14. The average Bonchev–Trinajstić information content (AvgIpc) is 3.19. The molecule has 5 nitrogen and oxygen atoms in total. The Hall–Kier alpha value is -2.76. The van der Waals surface area contributed by atoms with Gasteiger partial charge in [0.25, 0.3) is 5.91 Å². The fraction of sp³-hybridized carbons (Fsp3) is 0.143. The van der Waals surface area contributed by atoms with Gasteiger partial charge in [0.1, 0.15) is 5.76 Å². The van der Waals surface area contributed by atoms with Crippen LogP contribution >= 0.6 is 23.2 Å². The molecule has 0 fully saturated rings. The van der Waals surface area contributed by atoms with E-state index >= 15 is 0 Å². The van der Waals surface area contributed by atoms with E-state index in [1.807, 2.05) is 0 Å². The van der Waals surface area contributed by atoms with E-state index in [9.17, 15) is 9.59 Å². The van der Waals surface area contributed by atoms with Gasteiger partial charge in [-0.3, -0.25) is 9.59 Å². The second-order valence-electron chi connectivity index (χ2n) is 6.09. The maximum atomic E-state index is 12.5. The van der Waals surface area contributed by atoms with Gasteiger partial charge in [-0.1, -0.05) is 41.4 Å². The van der Waals surface area contributed by atoms with Crippen LogP contribution in [0.5, 0.6) is 0 Å². The molecule has 2 N–H and O–H groups in total. The summed E-state index contributed by atoms with van der Waals surface area (Å²) in [6.45, 7) is 0.267. The molecular formula is C21H18Cl2N2O3. The van der Waals surface area contributed by atoms with Gasteiger partial charge in [0, 0.05) is 16.5 Å². The lowest BCUT2D eigenvalue weighted by molar-refractivity contribution is -0.116. The molecule has 3 rings (SSSR count). The molecule has 0 aliphatic carbocycles. The number of benzene rings is 2. The van der Waals surface area contributed by atoms with Crippen molar-refractivity contribution in [2.24, 2.45) is 0 Å². The molecule has 28 heavy (non-hydrogen) atoms. The molecule has 2 aromatic carbocycles. The molecule has 1 heterocycles. The molecule has 0 aliphatic rings. The predicted octanol–water partition coefficient (Wildman–Crippen LogP) is 5.09. The third kappa shape index (κ3) is 5.38. The number of anilines is 1. The normalized spacial score (nSPS) is 10.5. The molecule has 144 valence electrons. The van der Waals surface area contributed by atoms with E-state index in [0.29, 0.717) is 33.5 Å². The first-order valence-corrected chi connectivity index (χ1v) is 9.42. The van der Waals surface area contributed by atoms with Crippen LogP contribution in [0.25, 0.3) is 0 Å². The Morgan fingerprint density at radius 2 is 1.82 bits per heavy atom. The Balaban J connectivity index is 1.60. The number of halogens is 2. The molecule has 0 aliphatic heterocycles. The topological polar surface area (TPSA) is 71.3 Å². The highest BCUT2D eigenvalue weighted by atomic mass is 35.5. The van der Waals surface area contributed by atoms with Crippen LogP contribution in [0.2, 0.25) is 10.0 Å². The van der Waals surface area contributed by atoms with Crippen LogP contribution < -0.4 is 10.6 Å². The van der Waals surface area contributed by atoms with E-state index in [2.05, 4.69) is 10.6 Å². The molecule has 7 heteroatoms.